The lowest BCUT2D eigenvalue weighted by molar-refractivity contribution is 0.300. The van der Waals surface area contributed by atoms with Crippen molar-refractivity contribution in [3.8, 4) is 0 Å². The van der Waals surface area contributed by atoms with Crippen molar-refractivity contribution < 1.29 is 4.39 Å². The molecule has 18 heavy (non-hydrogen) atoms. The molecule has 1 fully saturated rings. The van der Waals surface area contributed by atoms with Crippen molar-refractivity contribution in [2.24, 2.45) is 17.7 Å². The third-order valence-corrected chi connectivity index (χ3v) is 3.57. The van der Waals surface area contributed by atoms with Crippen molar-refractivity contribution in [1.82, 2.24) is 9.97 Å². The van der Waals surface area contributed by atoms with E-state index >= 15 is 0 Å². The van der Waals surface area contributed by atoms with Crippen LogP contribution in [0.1, 0.15) is 32.6 Å². The van der Waals surface area contributed by atoms with Gasteiger partial charge in [0.2, 0.25) is 5.95 Å². The van der Waals surface area contributed by atoms with E-state index in [-0.39, 0.29) is 11.8 Å². The van der Waals surface area contributed by atoms with Gasteiger partial charge in [-0.15, -0.1) is 0 Å². The maximum absolute atomic E-state index is 13.5. The van der Waals surface area contributed by atoms with E-state index in [1.807, 2.05) is 0 Å². The molecule has 0 radical (unpaired) electrons. The van der Waals surface area contributed by atoms with E-state index < -0.39 is 5.82 Å². The van der Waals surface area contributed by atoms with E-state index in [0.717, 1.165) is 18.7 Å². The first kappa shape index (κ1) is 13.0. The fourth-order valence-corrected chi connectivity index (χ4v) is 2.33. The summed E-state index contributed by atoms with van der Waals surface area (Å²) < 4.78 is 13.5. The molecular formula is C12H20FN5. The Hall–Kier alpha value is -1.43. The van der Waals surface area contributed by atoms with Gasteiger partial charge in [-0.05, 0) is 24.7 Å². The largest absolute Gasteiger partial charge is 0.367 e. The third-order valence-electron chi connectivity index (χ3n) is 3.57. The van der Waals surface area contributed by atoms with E-state index in [9.17, 15) is 4.39 Å². The summed E-state index contributed by atoms with van der Waals surface area (Å²) in [5, 5.41) is 3.05. The van der Waals surface area contributed by atoms with Gasteiger partial charge in [0, 0.05) is 6.54 Å². The summed E-state index contributed by atoms with van der Waals surface area (Å²) in [7, 11) is 0. The Morgan fingerprint density at radius 2 is 2.11 bits per heavy atom. The summed E-state index contributed by atoms with van der Waals surface area (Å²) in [5.74, 6) is 6.62. The van der Waals surface area contributed by atoms with Crippen LogP contribution in [-0.4, -0.2) is 16.5 Å². The normalized spacial score (nSPS) is 23.7. The molecule has 0 amide bonds. The van der Waals surface area contributed by atoms with E-state index in [2.05, 4.69) is 27.6 Å². The summed E-state index contributed by atoms with van der Waals surface area (Å²) in [6, 6.07) is 0. The maximum atomic E-state index is 13.5. The van der Waals surface area contributed by atoms with Crippen molar-refractivity contribution in [3.63, 3.8) is 0 Å². The molecule has 1 saturated carbocycles. The highest BCUT2D eigenvalue weighted by atomic mass is 19.1. The van der Waals surface area contributed by atoms with Crippen LogP contribution < -0.4 is 16.6 Å². The molecule has 0 aromatic carbocycles. The second kappa shape index (κ2) is 5.95. The number of anilines is 2. The first-order valence-electron chi connectivity index (χ1n) is 6.42. The lowest BCUT2D eigenvalue weighted by Crippen LogP contribution is -2.21. The van der Waals surface area contributed by atoms with E-state index in [1.54, 1.807) is 0 Å². The van der Waals surface area contributed by atoms with Crippen LogP contribution in [-0.2, 0) is 0 Å². The molecule has 0 spiro atoms. The predicted molar refractivity (Wildman–Crippen MR) is 69.4 cm³/mol. The highest BCUT2D eigenvalue weighted by Crippen LogP contribution is 2.28. The fraction of sp³-hybridized carbons (Fsp3) is 0.667. The minimum absolute atomic E-state index is 0.219. The van der Waals surface area contributed by atoms with Gasteiger partial charge in [-0.1, -0.05) is 19.8 Å². The highest BCUT2D eigenvalue weighted by molar-refractivity contribution is 5.40. The molecule has 4 N–H and O–H groups in total. The number of nitrogens with two attached hydrogens (primary N) is 1. The predicted octanol–water partition coefficient (Wildman–Crippen LogP) is 2.14. The van der Waals surface area contributed by atoms with Crippen LogP contribution in [0.15, 0.2) is 6.20 Å². The van der Waals surface area contributed by atoms with Crippen LogP contribution in [0.25, 0.3) is 0 Å². The SMILES string of the molecule is CC1CCC(CNc2nc(NN)ncc2F)CC1. The molecule has 5 nitrogen and oxygen atoms in total. The van der Waals surface area contributed by atoms with Gasteiger partial charge in [0.15, 0.2) is 11.6 Å². The molecule has 100 valence electrons. The van der Waals surface area contributed by atoms with Gasteiger partial charge in [0.1, 0.15) is 0 Å². The molecule has 0 atom stereocenters. The Labute approximate surface area is 106 Å². The molecule has 6 heteroatoms. The molecule has 1 heterocycles. The van der Waals surface area contributed by atoms with Crippen molar-refractivity contribution in [1.29, 1.82) is 0 Å². The minimum Gasteiger partial charge on any atom is -0.367 e. The zero-order valence-corrected chi connectivity index (χ0v) is 10.6. The minimum atomic E-state index is -0.446. The van der Waals surface area contributed by atoms with Crippen LogP contribution in [0.2, 0.25) is 0 Å². The van der Waals surface area contributed by atoms with Gasteiger partial charge in [-0.3, -0.25) is 5.43 Å². The Kier molecular flexibility index (Phi) is 4.30. The number of nitrogen functional groups attached to an aromatic ring is 1. The zero-order valence-electron chi connectivity index (χ0n) is 10.6. The van der Waals surface area contributed by atoms with Crippen molar-refractivity contribution in [2.75, 3.05) is 17.3 Å². The summed E-state index contributed by atoms with van der Waals surface area (Å²) in [6.45, 7) is 3.04. The number of hydrazine groups is 1. The smallest absolute Gasteiger partial charge is 0.239 e. The molecule has 0 bridgehead atoms. The van der Waals surface area contributed by atoms with E-state index in [4.69, 9.17) is 5.84 Å². The second-order valence-electron chi connectivity index (χ2n) is 5.04. The van der Waals surface area contributed by atoms with Crippen LogP contribution >= 0.6 is 0 Å². The van der Waals surface area contributed by atoms with Crippen LogP contribution in [0.5, 0.6) is 0 Å². The molecule has 1 aliphatic rings. The van der Waals surface area contributed by atoms with Gasteiger partial charge >= 0.3 is 0 Å². The van der Waals surface area contributed by atoms with Gasteiger partial charge < -0.3 is 5.32 Å². The summed E-state index contributed by atoms with van der Waals surface area (Å²) in [5.41, 5.74) is 2.31. The Morgan fingerprint density at radius 3 is 2.78 bits per heavy atom. The number of hydrogen-bond donors (Lipinski definition) is 3. The third kappa shape index (κ3) is 3.29. The van der Waals surface area contributed by atoms with Gasteiger partial charge in [-0.25, -0.2) is 15.2 Å². The summed E-state index contributed by atoms with van der Waals surface area (Å²) >= 11 is 0. The lowest BCUT2D eigenvalue weighted by Gasteiger charge is -2.26. The Morgan fingerprint density at radius 1 is 1.39 bits per heavy atom. The number of nitrogens with one attached hydrogen (secondary N) is 2. The number of rotatable bonds is 4. The monoisotopic (exact) mass is 253 g/mol. The first-order chi connectivity index (χ1) is 8.69. The van der Waals surface area contributed by atoms with Crippen molar-refractivity contribution >= 4 is 11.8 Å². The topological polar surface area (TPSA) is 75.9 Å². The zero-order chi connectivity index (χ0) is 13.0. The summed E-state index contributed by atoms with van der Waals surface area (Å²) in [6.07, 6.45) is 6.03. The number of aromatic nitrogens is 2. The van der Waals surface area contributed by atoms with E-state index in [1.165, 1.54) is 25.7 Å². The molecule has 2 rings (SSSR count). The maximum Gasteiger partial charge on any atom is 0.239 e. The molecule has 0 aliphatic heterocycles. The number of hydrogen-bond acceptors (Lipinski definition) is 5. The molecule has 0 saturated heterocycles. The molecule has 1 aliphatic carbocycles. The van der Waals surface area contributed by atoms with Gasteiger partial charge in [-0.2, -0.15) is 4.98 Å². The quantitative estimate of drug-likeness (QED) is 0.566. The molecule has 0 unspecified atom stereocenters. The van der Waals surface area contributed by atoms with Gasteiger partial charge in [0.25, 0.3) is 0 Å². The Bertz CT molecular complexity index is 390. The number of halogens is 1. The average Bonchev–Trinajstić information content (AvgIpc) is 2.40. The summed E-state index contributed by atoms with van der Waals surface area (Å²) in [4.78, 5) is 7.66. The molecule has 1 aromatic rings. The molecule has 1 aromatic heterocycles. The Balaban J connectivity index is 1.89. The van der Waals surface area contributed by atoms with Gasteiger partial charge in [0.05, 0.1) is 6.20 Å². The number of nitrogens with zero attached hydrogens (tertiary/aromatic N) is 2. The first-order valence-corrected chi connectivity index (χ1v) is 6.42. The average molecular weight is 253 g/mol. The van der Waals surface area contributed by atoms with Crippen molar-refractivity contribution in [2.45, 2.75) is 32.6 Å². The van der Waals surface area contributed by atoms with Crippen molar-refractivity contribution in [3.05, 3.63) is 12.0 Å². The van der Waals surface area contributed by atoms with Crippen LogP contribution in [0.4, 0.5) is 16.2 Å². The highest BCUT2D eigenvalue weighted by Gasteiger charge is 2.18. The molecular weight excluding hydrogens is 233 g/mol. The second-order valence-corrected chi connectivity index (χ2v) is 5.04. The lowest BCUT2D eigenvalue weighted by atomic mass is 9.83. The van der Waals surface area contributed by atoms with Crippen LogP contribution in [0, 0.1) is 17.7 Å². The standard InChI is InChI=1S/C12H20FN5/c1-8-2-4-9(5-3-8)6-15-11-10(13)7-16-12(17-11)18-14/h7-9H,2-6,14H2,1H3,(H2,15,16,17,18). The van der Waals surface area contributed by atoms with E-state index in [0.29, 0.717) is 5.92 Å². The fourth-order valence-electron chi connectivity index (χ4n) is 2.33. The van der Waals surface area contributed by atoms with Crippen LogP contribution in [0.3, 0.4) is 0 Å².